The van der Waals surface area contributed by atoms with Gasteiger partial charge in [-0.05, 0) is 51.3 Å². The molecule has 2 saturated heterocycles. The van der Waals surface area contributed by atoms with Crippen LogP contribution in [0.3, 0.4) is 0 Å². The molecule has 3 aliphatic rings. The lowest BCUT2D eigenvalue weighted by Crippen LogP contribution is -2.38. The van der Waals surface area contributed by atoms with Gasteiger partial charge in [-0.1, -0.05) is 25.7 Å². The smallest absolute Gasteiger partial charge is 0.0710 e. The summed E-state index contributed by atoms with van der Waals surface area (Å²) >= 11 is 2.06. The Labute approximate surface area is 129 Å². The third-order valence-electron chi connectivity index (χ3n) is 5.61. The molecule has 2 heterocycles. The summed E-state index contributed by atoms with van der Waals surface area (Å²) in [4.78, 5) is 2.70. The average Bonchev–Trinajstić information content (AvgIpc) is 2.71. The quantitative estimate of drug-likeness (QED) is 0.778. The molecule has 0 radical (unpaired) electrons. The van der Waals surface area contributed by atoms with E-state index >= 15 is 0 Å². The summed E-state index contributed by atoms with van der Waals surface area (Å²) in [6.07, 6.45) is 16.5. The summed E-state index contributed by atoms with van der Waals surface area (Å²) in [7, 11) is 0. The van der Waals surface area contributed by atoms with E-state index < -0.39 is 0 Å². The van der Waals surface area contributed by atoms with Crippen LogP contribution in [0.15, 0.2) is 0 Å². The molecule has 0 N–H and O–H groups in total. The Balaban J connectivity index is 1.50. The topological polar surface area (TPSA) is 12.5 Å². The molecule has 2 atom stereocenters. The maximum absolute atomic E-state index is 6.55. The first-order chi connectivity index (χ1) is 9.80. The Morgan fingerprint density at radius 3 is 2.70 bits per heavy atom. The largest absolute Gasteiger partial charge is 0.370 e. The van der Waals surface area contributed by atoms with E-state index in [9.17, 15) is 0 Å². The van der Waals surface area contributed by atoms with Gasteiger partial charge in [-0.3, -0.25) is 4.90 Å². The lowest BCUT2D eigenvalue weighted by Gasteiger charge is -2.34. The molecule has 2 aliphatic heterocycles. The molecule has 3 heteroatoms. The zero-order valence-corrected chi connectivity index (χ0v) is 13.9. The van der Waals surface area contributed by atoms with E-state index in [0.29, 0.717) is 11.7 Å². The molecule has 0 amide bonds. The predicted octanol–water partition coefficient (Wildman–Crippen LogP) is 4.09. The van der Waals surface area contributed by atoms with Crippen molar-refractivity contribution in [2.45, 2.75) is 81.2 Å². The molecule has 1 spiro atoms. The van der Waals surface area contributed by atoms with E-state index in [1.165, 1.54) is 83.8 Å². The first-order valence-electron chi connectivity index (χ1n) is 8.73. The Morgan fingerprint density at radius 2 is 1.90 bits per heavy atom. The summed E-state index contributed by atoms with van der Waals surface area (Å²) in [6, 6.07) is 0. The highest BCUT2D eigenvalue weighted by Gasteiger charge is 2.41. The van der Waals surface area contributed by atoms with Gasteiger partial charge in [-0.2, -0.15) is 11.8 Å². The zero-order chi connectivity index (χ0) is 13.8. The molecule has 20 heavy (non-hydrogen) atoms. The van der Waals surface area contributed by atoms with E-state index in [1.807, 2.05) is 0 Å². The molecular formula is C17H31NOS. The zero-order valence-electron chi connectivity index (χ0n) is 13.1. The van der Waals surface area contributed by atoms with Crippen LogP contribution in [0, 0.1) is 0 Å². The maximum Gasteiger partial charge on any atom is 0.0710 e. The molecule has 3 fully saturated rings. The van der Waals surface area contributed by atoms with Crippen molar-refractivity contribution in [3.63, 3.8) is 0 Å². The Kier molecular flexibility index (Phi) is 5.33. The van der Waals surface area contributed by atoms with E-state index in [4.69, 9.17) is 4.74 Å². The van der Waals surface area contributed by atoms with Crippen LogP contribution < -0.4 is 0 Å². The van der Waals surface area contributed by atoms with Crippen molar-refractivity contribution in [3.05, 3.63) is 0 Å². The van der Waals surface area contributed by atoms with E-state index in [1.54, 1.807) is 0 Å². The monoisotopic (exact) mass is 297 g/mol. The van der Waals surface area contributed by atoms with Crippen LogP contribution in [0.25, 0.3) is 0 Å². The molecule has 0 unspecified atom stereocenters. The van der Waals surface area contributed by atoms with Crippen molar-refractivity contribution in [1.29, 1.82) is 0 Å². The van der Waals surface area contributed by atoms with Crippen LogP contribution in [-0.4, -0.2) is 47.7 Å². The van der Waals surface area contributed by atoms with Gasteiger partial charge in [0, 0.05) is 18.3 Å². The molecule has 116 valence electrons. The fourth-order valence-electron chi connectivity index (χ4n) is 4.41. The fraction of sp³-hybridized carbons (Fsp3) is 1.00. The second-order valence-corrected chi connectivity index (χ2v) is 8.27. The highest BCUT2D eigenvalue weighted by Crippen LogP contribution is 2.42. The third kappa shape index (κ3) is 3.72. The maximum atomic E-state index is 6.55. The molecule has 0 aromatic carbocycles. The number of hydrogen-bond donors (Lipinski definition) is 0. The van der Waals surface area contributed by atoms with Gasteiger partial charge in [-0.25, -0.2) is 0 Å². The van der Waals surface area contributed by atoms with Crippen LogP contribution >= 0.6 is 11.8 Å². The molecule has 3 rings (SSSR count). The molecule has 1 aliphatic carbocycles. The van der Waals surface area contributed by atoms with Gasteiger partial charge < -0.3 is 4.74 Å². The highest BCUT2D eigenvalue weighted by molar-refractivity contribution is 7.99. The summed E-state index contributed by atoms with van der Waals surface area (Å²) < 4.78 is 6.55. The minimum atomic E-state index is 0.299. The van der Waals surface area contributed by atoms with Gasteiger partial charge in [0.05, 0.1) is 11.7 Å². The van der Waals surface area contributed by atoms with Crippen molar-refractivity contribution in [1.82, 2.24) is 4.90 Å². The van der Waals surface area contributed by atoms with Gasteiger partial charge in [-0.15, -0.1) is 0 Å². The van der Waals surface area contributed by atoms with Gasteiger partial charge in [0.2, 0.25) is 0 Å². The van der Waals surface area contributed by atoms with Crippen molar-refractivity contribution < 1.29 is 4.74 Å². The van der Waals surface area contributed by atoms with Crippen LogP contribution in [0.4, 0.5) is 0 Å². The Morgan fingerprint density at radius 1 is 1.05 bits per heavy atom. The van der Waals surface area contributed by atoms with Crippen molar-refractivity contribution in [2.24, 2.45) is 0 Å². The molecular weight excluding hydrogens is 266 g/mol. The fourth-order valence-corrected chi connectivity index (χ4v) is 5.17. The standard InChI is InChI=1S/C17H31NOS/c1-20-16-7-3-6-12-18(14-16)13-15-8-11-17(19-15)9-4-2-5-10-17/h15-16H,2-14H2,1H3/t15-,16-/m0/s1. The van der Waals surface area contributed by atoms with Gasteiger partial charge >= 0.3 is 0 Å². The number of rotatable bonds is 3. The lowest BCUT2D eigenvalue weighted by molar-refractivity contribution is -0.0715. The first-order valence-corrected chi connectivity index (χ1v) is 10.0. The Bertz CT molecular complexity index is 303. The SMILES string of the molecule is CS[C@H]1CCCCN(C[C@@H]2CCC3(CCCCC3)O2)C1. The number of thioether (sulfide) groups is 1. The Hall–Kier alpha value is 0.270. The third-order valence-corrected chi connectivity index (χ3v) is 6.66. The van der Waals surface area contributed by atoms with Gasteiger partial charge in [0.15, 0.2) is 0 Å². The number of ether oxygens (including phenoxy) is 1. The second kappa shape index (κ2) is 7.02. The van der Waals surface area contributed by atoms with Crippen molar-refractivity contribution >= 4 is 11.8 Å². The summed E-state index contributed by atoms with van der Waals surface area (Å²) in [5, 5.41) is 0.850. The van der Waals surface area contributed by atoms with Crippen LogP contribution in [0.1, 0.15) is 64.2 Å². The van der Waals surface area contributed by atoms with Crippen LogP contribution in [0.2, 0.25) is 0 Å². The van der Waals surface area contributed by atoms with Crippen molar-refractivity contribution in [3.8, 4) is 0 Å². The molecule has 1 saturated carbocycles. The minimum absolute atomic E-state index is 0.299. The van der Waals surface area contributed by atoms with Crippen molar-refractivity contribution in [2.75, 3.05) is 25.9 Å². The summed E-state index contributed by atoms with van der Waals surface area (Å²) in [6.45, 7) is 3.77. The molecule has 0 aromatic rings. The summed E-state index contributed by atoms with van der Waals surface area (Å²) in [5.74, 6) is 0. The van der Waals surface area contributed by atoms with E-state index in [-0.39, 0.29) is 0 Å². The molecule has 2 nitrogen and oxygen atoms in total. The lowest BCUT2D eigenvalue weighted by atomic mass is 9.83. The normalized spacial score (nSPS) is 35.2. The molecule has 0 aromatic heterocycles. The van der Waals surface area contributed by atoms with Crippen LogP contribution in [0.5, 0.6) is 0 Å². The summed E-state index contributed by atoms with van der Waals surface area (Å²) in [5.41, 5.74) is 0.299. The van der Waals surface area contributed by atoms with E-state index in [0.717, 1.165) is 5.25 Å². The van der Waals surface area contributed by atoms with E-state index in [2.05, 4.69) is 22.9 Å². The van der Waals surface area contributed by atoms with Crippen LogP contribution in [-0.2, 0) is 4.74 Å². The predicted molar refractivity (Wildman–Crippen MR) is 87.5 cm³/mol. The first kappa shape index (κ1) is 15.2. The second-order valence-electron chi connectivity index (χ2n) is 7.14. The van der Waals surface area contributed by atoms with Gasteiger partial charge in [0.25, 0.3) is 0 Å². The number of nitrogens with zero attached hydrogens (tertiary/aromatic N) is 1. The number of likely N-dealkylation sites (tertiary alicyclic amines) is 1. The number of hydrogen-bond acceptors (Lipinski definition) is 3. The average molecular weight is 298 g/mol. The van der Waals surface area contributed by atoms with Gasteiger partial charge in [0.1, 0.15) is 0 Å². The minimum Gasteiger partial charge on any atom is -0.370 e. The highest BCUT2D eigenvalue weighted by atomic mass is 32.2. The molecule has 0 bridgehead atoms.